The summed E-state index contributed by atoms with van der Waals surface area (Å²) in [6, 6.07) is 17.2. The molecule has 0 saturated heterocycles. The second-order valence-corrected chi connectivity index (χ2v) is 6.59. The van der Waals surface area contributed by atoms with Crippen LogP contribution in [0.3, 0.4) is 0 Å². The number of pyridine rings is 1. The Kier molecular flexibility index (Phi) is 5.09. The number of rotatable bonds is 5. The van der Waals surface area contributed by atoms with E-state index in [1.165, 1.54) is 22.1 Å². The number of halogens is 1. The lowest BCUT2D eigenvalue weighted by atomic mass is 10.00. The predicted octanol–water partition coefficient (Wildman–Crippen LogP) is 5.51. The van der Waals surface area contributed by atoms with Gasteiger partial charge in [0.1, 0.15) is 0 Å². The van der Waals surface area contributed by atoms with E-state index >= 15 is 0 Å². The van der Waals surface area contributed by atoms with E-state index in [1.54, 1.807) is 0 Å². The van der Waals surface area contributed by atoms with Crippen molar-refractivity contribution >= 4 is 26.8 Å². The fraction of sp³-hybridized carbons (Fsp3) is 0.250. The summed E-state index contributed by atoms with van der Waals surface area (Å²) in [4.78, 5) is 6.88. The molecule has 3 heteroatoms. The van der Waals surface area contributed by atoms with Crippen molar-refractivity contribution in [2.24, 2.45) is 0 Å². The van der Waals surface area contributed by atoms with Crippen LogP contribution in [0.2, 0.25) is 0 Å². The van der Waals surface area contributed by atoms with E-state index in [9.17, 15) is 0 Å². The molecule has 0 fully saturated rings. The van der Waals surface area contributed by atoms with Crippen LogP contribution in [0.4, 0.5) is 0 Å². The van der Waals surface area contributed by atoms with E-state index in [2.05, 4.69) is 82.1 Å². The molecule has 0 aliphatic carbocycles. The molecule has 0 unspecified atom stereocenters. The Labute approximate surface area is 146 Å². The van der Waals surface area contributed by atoms with Crippen LogP contribution in [0.25, 0.3) is 22.0 Å². The minimum Gasteiger partial charge on any atom is -0.300 e. The van der Waals surface area contributed by atoms with Gasteiger partial charge in [-0.3, -0.25) is 9.88 Å². The molecular formula is C20H21BrN2. The maximum atomic E-state index is 4.46. The Hall–Kier alpha value is -1.71. The Morgan fingerprint density at radius 3 is 2.39 bits per heavy atom. The Bertz CT molecular complexity index is 792. The molecule has 23 heavy (non-hydrogen) atoms. The first kappa shape index (κ1) is 16.2. The monoisotopic (exact) mass is 368 g/mol. The molecule has 2 aromatic carbocycles. The Balaban J connectivity index is 1.95. The highest BCUT2D eigenvalue weighted by molar-refractivity contribution is 9.10. The SMILES string of the molecule is CCN(CC)Cc1ccc(-c2ccnc3ccc(Br)cc23)cc1. The number of aromatic nitrogens is 1. The number of fused-ring (bicyclic) bond motifs is 1. The van der Waals surface area contributed by atoms with Crippen molar-refractivity contribution in [3.05, 3.63) is 64.8 Å². The number of hydrogen-bond acceptors (Lipinski definition) is 2. The van der Waals surface area contributed by atoms with E-state index < -0.39 is 0 Å². The molecule has 0 radical (unpaired) electrons. The summed E-state index contributed by atoms with van der Waals surface area (Å²) >= 11 is 3.56. The van der Waals surface area contributed by atoms with Gasteiger partial charge in [0, 0.05) is 22.6 Å². The van der Waals surface area contributed by atoms with Crippen LogP contribution >= 0.6 is 15.9 Å². The molecule has 0 aliphatic heterocycles. The quantitative estimate of drug-likeness (QED) is 0.590. The topological polar surface area (TPSA) is 16.1 Å². The van der Waals surface area contributed by atoms with Gasteiger partial charge in [-0.1, -0.05) is 54.0 Å². The van der Waals surface area contributed by atoms with Gasteiger partial charge in [0.2, 0.25) is 0 Å². The summed E-state index contributed by atoms with van der Waals surface area (Å²) in [5.41, 5.74) is 4.85. The molecule has 3 aromatic rings. The van der Waals surface area contributed by atoms with Crippen molar-refractivity contribution in [3.63, 3.8) is 0 Å². The molecule has 0 amide bonds. The molecule has 118 valence electrons. The van der Waals surface area contributed by atoms with Crippen molar-refractivity contribution in [1.29, 1.82) is 0 Å². The van der Waals surface area contributed by atoms with Gasteiger partial charge in [-0.2, -0.15) is 0 Å². The van der Waals surface area contributed by atoms with Gasteiger partial charge in [-0.15, -0.1) is 0 Å². The zero-order valence-corrected chi connectivity index (χ0v) is 15.2. The zero-order chi connectivity index (χ0) is 16.2. The second kappa shape index (κ2) is 7.24. The summed E-state index contributed by atoms with van der Waals surface area (Å²) in [5.74, 6) is 0. The van der Waals surface area contributed by atoms with E-state index in [0.717, 1.165) is 29.6 Å². The summed E-state index contributed by atoms with van der Waals surface area (Å²) < 4.78 is 1.08. The van der Waals surface area contributed by atoms with Crippen LogP contribution in [0, 0.1) is 0 Å². The molecular weight excluding hydrogens is 348 g/mol. The van der Waals surface area contributed by atoms with Crippen molar-refractivity contribution in [1.82, 2.24) is 9.88 Å². The molecule has 1 heterocycles. The molecule has 2 nitrogen and oxygen atoms in total. The van der Waals surface area contributed by atoms with Gasteiger partial charge in [0.25, 0.3) is 0 Å². The van der Waals surface area contributed by atoms with Gasteiger partial charge < -0.3 is 0 Å². The molecule has 0 bridgehead atoms. The average Bonchev–Trinajstić information content (AvgIpc) is 2.59. The van der Waals surface area contributed by atoms with E-state index in [4.69, 9.17) is 0 Å². The molecule has 1 aromatic heterocycles. The lowest BCUT2D eigenvalue weighted by Gasteiger charge is -2.18. The van der Waals surface area contributed by atoms with Gasteiger partial charge in [0.15, 0.2) is 0 Å². The number of nitrogens with zero attached hydrogens (tertiary/aromatic N) is 2. The normalized spacial score (nSPS) is 11.3. The maximum Gasteiger partial charge on any atom is 0.0708 e. The van der Waals surface area contributed by atoms with Crippen molar-refractivity contribution in [2.75, 3.05) is 13.1 Å². The highest BCUT2D eigenvalue weighted by Crippen LogP contribution is 2.29. The molecule has 0 N–H and O–H groups in total. The fourth-order valence-electron chi connectivity index (χ4n) is 2.87. The third-order valence-corrected chi connectivity index (χ3v) is 4.76. The minimum atomic E-state index is 1.01. The van der Waals surface area contributed by atoms with Crippen LogP contribution in [-0.2, 0) is 6.54 Å². The molecule has 0 atom stereocenters. The smallest absolute Gasteiger partial charge is 0.0708 e. The Morgan fingerprint density at radius 1 is 0.957 bits per heavy atom. The second-order valence-electron chi connectivity index (χ2n) is 5.68. The summed E-state index contributed by atoms with van der Waals surface area (Å²) in [6.45, 7) is 7.59. The third-order valence-electron chi connectivity index (χ3n) is 4.27. The first-order valence-electron chi connectivity index (χ1n) is 8.07. The number of hydrogen-bond donors (Lipinski definition) is 0. The molecule has 3 rings (SSSR count). The van der Waals surface area contributed by atoms with Crippen LogP contribution in [0.1, 0.15) is 19.4 Å². The van der Waals surface area contributed by atoms with Gasteiger partial charge in [-0.05, 0) is 54.0 Å². The summed E-state index contributed by atoms with van der Waals surface area (Å²) in [7, 11) is 0. The van der Waals surface area contributed by atoms with E-state index in [1.807, 2.05) is 12.3 Å². The molecule has 0 spiro atoms. The zero-order valence-electron chi connectivity index (χ0n) is 13.6. The summed E-state index contributed by atoms with van der Waals surface area (Å²) in [5, 5.41) is 1.18. The lowest BCUT2D eigenvalue weighted by molar-refractivity contribution is 0.296. The van der Waals surface area contributed by atoms with Crippen molar-refractivity contribution in [2.45, 2.75) is 20.4 Å². The van der Waals surface area contributed by atoms with Crippen molar-refractivity contribution < 1.29 is 0 Å². The first-order valence-corrected chi connectivity index (χ1v) is 8.86. The van der Waals surface area contributed by atoms with E-state index in [-0.39, 0.29) is 0 Å². The molecule has 0 saturated carbocycles. The number of benzene rings is 2. The van der Waals surface area contributed by atoms with Gasteiger partial charge in [-0.25, -0.2) is 0 Å². The fourth-order valence-corrected chi connectivity index (χ4v) is 3.23. The van der Waals surface area contributed by atoms with Crippen LogP contribution in [0.5, 0.6) is 0 Å². The Morgan fingerprint density at radius 2 is 1.70 bits per heavy atom. The minimum absolute atomic E-state index is 1.01. The van der Waals surface area contributed by atoms with Crippen LogP contribution in [-0.4, -0.2) is 23.0 Å². The van der Waals surface area contributed by atoms with E-state index in [0.29, 0.717) is 0 Å². The largest absolute Gasteiger partial charge is 0.300 e. The van der Waals surface area contributed by atoms with Crippen LogP contribution in [0.15, 0.2) is 59.2 Å². The van der Waals surface area contributed by atoms with Crippen LogP contribution < -0.4 is 0 Å². The predicted molar refractivity (Wildman–Crippen MR) is 102 cm³/mol. The lowest BCUT2D eigenvalue weighted by Crippen LogP contribution is -2.21. The van der Waals surface area contributed by atoms with Gasteiger partial charge in [0.05, 0.1) is 5.52 Å². The highest BCUT2D eigenvalue weighted by Gasteiger charge is 2.06. The molecule has 0 aliphatic rings. The van der Waals surface area contributed by atoms with Gasteiger partial charge >= 0.3 is 0 Å². The van der Waals surface area contributed by atoms with Crippen molar-refractivity contribution in [3.8, 4) is 11.1 Å². The maximum absolute atomic E-state index is 4.46. The standard InChI is InChI=1S/C20H21BrN2/c1-3-23(4-2)14-15-5-7-16(8-6-15)18-11-12-22-20-10-9-17(21)13-19(18)20/h5-13H,3-4,14H2,1-2H3. The summed E-state index contributed by atoms with van der Waals surface area (Å²) in [6.07, 6.45) is 1.88. The first-order chi connectivity index (χ1) is 11.2. The highest BCUT2D eigenvalue weighted by atomic mass is 79.9. The third kappa shape index (κ3) is 3.62. The average molecular weight is 369 g/mol.